The van der Waals surface area contributed by atoms with Crippen LogP contribution in [0, 0.1) is 19.8 Å². The van der Waals surface area contributed by atoms with Crippen LogP contribution in [0.3, 0.4) is 0 Å². The second kappa shape index (κ2) is 11.2. The van der Waals surface area contributed by atoms with Gasteiger partial charge in [0, 0.05) is 23.3 Å². The predicted octanol–water partition coefficient (Wildman–Crippen LogP) is 6.39. The zero-order valence-corrected chi connectivity index (χ0v) is 24.3. The Morgan fingerprint density at radius 2 is 1.76 bits per heavy atom. The largest absolute Gasteiger partial charge is 0.306 e. The molecule has 1 N–H and O–H groups in total. The summed E-state index contributed by atoms with van der Waals surface area (Å²) in [6.07, 6.45) is 3.30. The quantitative estimate of drug-likeness (QED) is 0.268. The van der Waals surface area contributed by atoms with Crippen LogP contribution >= 0.6 is 0 Å². The number of rotatable bonds is 8. The van der Waals surface area contributed by atoms with E-state index in [1.807, 2.05) is 73.3 Å². The van der Waals surface area contributed by atoms with Crippen molar-refractivity contribution in [3.63, 3.8) is 0 Å². The van der Waals surface area contributed by atoms with E-state index in [1.54, 1.807) is 18.2 Å². The van der Waals surface area contributed by atoms with Crippen LogP contribution in [0.25, 0.3) is 0 Å². The Hall–Kier alpha value is -3.81. The molecule has 1 heterocycles. The third-order valence-corrected chi connectivity index (χ3v) is 9.69. The monoisotopic (exact) mass is 565 g/mol. The highest BCUT2D eigenvalue weighted by Crippen LogP contribution is 2.49. The van der Waals surface area contributed by atoms with Gasteiger partial charge in [-0.15, -0.1) is 0 Å². The Kier molecular flexibility index (Phi) is 7.49. The van der Waals surface area contributed by atoms with E-state index in [4.69, 9.17) is 0 Å². The number of aromatic nitrogens is 1. The molecule has 6 rings (SSSR count). The molecule has 0 spiro atoms. The second-order valence-corrected chi connectivity index (χ2v) is 13.0. The Labute approximate surface area is 242 Å². The maximum absolute atomic E-state index is 14.1. The molecular weight excluding hydrogens is 530 g/mol. The summed E-state index contributed by atoms with van der Waals surface area (Å²) in [7, 11) is -3.71. The molecule has 3 aromatic carbocycles. The first-order valence-electron chi connectivity index (χ1n) is 14.3. The molecule has 0 bridgehead atoms. The fourth-order valence-electron chi connectivity index (χ4n) is 6.00. The number of carbonyl (C=O) groups excluding carboxylic acids is 1. The summed E-state index contributed by atoms with van der Waals surface area (Å²) in [5.74, 6) is 0.201. The highest BCUT2D eigenvalue weighted by molar-refractivity contribution is 7.89. The molecule has 210 valence electrons. The Morgan fingerprint density at radius 1 is 0.951 bits per heavy atom. The topological polar surface area (TPSA) is 79.4 Å². The molecule has 41 heavy (non-hydrogen) atoms. The summed E-state index contributed by atoms with van der Waals surface area (Å²) in [4.78, 5) is 20.9. The van der Waals surface area contributed by atoms with Crippen LogP contribution in [-0.2, 0) is 27.8 Å². The SMILES string of the molecule is Cc1cccc(S(=O)(=O)NC2CCCc3ccc(N(Cc4cccc(C)n4)C(=O)C4CC4c4ccccc4)cc32)c1. The Bertz CT molecular complexity index is 1690. The lowest BCUT2D eigenvalue weighted by Gasteiger charge is -2.29. The maximum Gasteiger partial charge on any atom is 0.241 e. The highest BCUT2D eigenvalue weighted by Gasteiger charge is 2.46. The first kappa shape index (κ1) is 27.4. The molecule has 2 aliphatic carbocycles. The van der Waals surface area contributed by atoms with Crippen LogP contribution in [0.1, 0.15) is 64.9 Å². The lowest BCUT2D eigenvalue weighted by molar-refractivity contribution is -0.120. The van der Waals surface area contributed by atoms with Crippen molar-refractivity contribution in [2.45, 2.75) is 62.9 Å². The summed E-state index contributed by atoms with van der Waals surface area (Å²) in [5, 5.41) is 0. The molecule has 3 unspecified atom stereocenters. The number of amides is 1. The van der Waals surface area contributed by atoms with E-state index >= 15 is 0 Å². The number of fused-ring (bicyclic) bond motifs is 1. The van der Waals surface area contributed by atoms with E-state index < -0.39 is 10.0 Å². The summed E-state index contributed by atoms with van der Waals surface area (Å²) in [6, 6.07) is 28.8. The van der Waals surface area contributed by atoms with Crippen LogP contribution in [0.4, 0.5) is 5.69 Å². The number of hydrogen-bond acceptors (Lipinski definition) is 4. The van der Waals surface area contributed by atoms with Crippen molar-refractivity contribution in [1.82, 2.24) is 9.71 Å². The van der Waals surface area contributed by atoms with Gasteiger partial charge in [-0.3, -0.25) is 9.78 Å². The lowest BCUT2D eigenvalue weighted by Crippen LogP contribution is -2.34. The van der Waals surface area contributed by atoms with Gasteiger partial charge >= 0.3 is 0 Å². The molecule has 0 saturated heterocycles. The van der Waals surface area contributed by atoms with Gasteiger partial charge in [0.2, 0.25) is 15.9 Å². The van der Waals surface area contributed by atoms with E-state index in [0.29, 0.717) is 13.0 Å². The molecule has 7 heteroatoms. The fourth-order valence-corrected chi connectivity index (χ4v) is 7.35. The number of benzene rings is 3. The number of sulfonamides is 1. The van der Waals surface area contributed by atoms with Crippen molar-refractivity contribution in [2.24, 2.45) is 5.92 Å². The molecule has 1 aromatic heterocycles. The van der Waals surface area contributed by atoms with Crippen molar-refractivity contribution in [1.29, 1.82) is 0 Å². The number of aryl methyl sites for hydroxylation is 3. The Morgan fingerprint density at radius 3 is 2.54 bits per heavy atom. The normalized spacial score (nSPS) is 19.8. The number of anilines is 1. The molecule has 2 aliphatic rings. The summed E-state index contributed by atoms with van der Waals surface area (Å²) in [6.45, 7) is 4.20. The highest BCUT2D eigenvalue weighted by atomic mass is 32.2. The van der Waals surface area contributed by atoms with Crippen molar-refractivity contribution in [3.8, 4) is 0 Å². The van der Waals surface area contributed by atoms with E-state index in [0.717, 1.165) is 53.0 Å². The number of pyridine rings is 1. The minimum absolute atomic E-state index is 0.0785. The van der Waals surface area contributed by atoms with E-state index in [9.17, 15) is 13.2 Å². The second-order valence-electron chi connectivity index (χ2n) is 11.3. The van der Waals surface area contributed by atoms with Crippen LogP contribution in [0.2, 0.25) is 0 Å². The number of nitrogens with zero attached hydrogens (tertiary/aromatic N) is 2. The molecule has 4 aromatic rings. The summed E-state index contributed by atoms with van der Waals surface area (Å²) >= 11 is 0. The Balaban J connectivity index is 1.32. The molecule has 3 atom stereocenters. The third kappa shape index (κ3) is 5.97. The minimum atomic E-state index is -3.71. The molecular formula is C34H35N3O3S. The molecule has 6 nitrogen and oxygen atoms in total. The molecule has 0 aliphatic heterocycles. The zero-order chi connectivity index (χ0) is 28.6. The van der Waals surface area contributed by atoms with Gasteiger partial charge < -0.3 is 4.90 Å². The van der Waals surface area contributed by atoms with Crippen molar-refractivity contribution in [2.75, 3.05) is 4.90 Å². The van der Waals surface area contributed by atoms with Crippen molar-refractivity contribution >= 4 is 21.6 Å². The smallest absolute Gasteiger partial charge is 0.241 e. The van der Waals surface area contributed by atoms with E-state index in [2.05, 4.69) is 27.9 Å². The molecule has 1 fully saturated rings. The van der Waals surface area contributed by atoms with Gasteiger partial charge in [0.15, 0.2) is 0 Å². The number of hydrogen-bond donors (Lipinski definition) is 1. The lowest BCUT2D eigenvalue weighted by atomic mass is 9.87. The third-order valence-electron chi connectivity index (χ3n) is 8.22. The average molecular weight is 566 g/mol. The van der Waals surface area contributed by atoms with Gasteiger partial charge in [0.05, 0.1) is 17.1 Å². The number of nitrogens with one attached hydrogen (secondary N) is 1. The van der Waals surface area contributed by atoms with Gasteiger partial charge in [-0.1, -0.05) is 54.6 Å². The van der Waals surface area contributed by atoms with Crippen LogP contribution in [0.5, 0.6) is 0 Å². The summed E-state index contributed by atoms with van der Waals surface area (Å²) < 4.78 is 29.7. The van der Waals surface area contributed by atoms with Gasteiger partial charge in [-0.2, -0.15) is 0 Å². The molecule has 0 radical (unpaired) electrons. The van der Waals surface area contributed by atoms with Gasteiger partial charge in [0.25, 0.3) is 0 Å². The van der Waals surface area contributed by atoms with Gasteiger partial charge in [-0.05, 0) is 104 Å². The number of carbonyl (C=O) groups is 1. The van der Waals surface area contributed by atoms with Crippen LogP contribution < -0.4 is 9.62 Å². The van der Waals surface area contributed by atoms with Gasteiger partial charge in [0.1, 0.15) is 0 Å². The first-order valence-corrected chi connectivity index (χ1v) is 15.8. The van der Waals surface area contributed by atoms with Crippen LogP contribution in [-0.4, -0.2) is 19.3 Å². The first-order chi connectivity index (χ1) is 19.8. The van der Waals surface area contributed by atoms with Crippen LogP contribution in [0.15, 0.2) is 95.9 Å². The molecule has 1 saturated carbocycles. The predicted molar refractivity (Wildman–Crippen MR) is 161 cm³/mol. The fraction of sp³-hybridized carbons (Fsp3) is 0.294. The molecule has 1 amide bonds. The maximum atomic E-state index is 14.1. The van der Waals surface area contributed by atoms with Crippen molar-refractivity contribution in [3.05, 3.63) is 125 Å². The minimum Gasteiger partial charge on any atom is -0.306 e. The standard InChI is InChI=1S/C34H35N3O3S/c1-23-9-6-15-29(19-23)41(39,40)36-33-16-8-13-26-17-18-28(20-31(26)33)37(22-27-14-7-10-24(2)35-27)34(38)32-21-30(32)25-11-4-3-5-12-25/h3-7,9-12,14-15,17-20,30,32-33,36H,8,13,16,21-22H2,1-2H3. The van der Waals surface area contributed by atoms with Crippen molar-refractivity contribution < 1.29 is 13.2 Å². The van der Waals surface area contributed by atoms with Gasteiger partial charge in [-0.25, -0.2) is 13.1 Å². The van der Waals surface area contributed by atoms with E-state index in [-0.39, 0.29) is 28.7 Å². The zero-order valence-electron chi connectivity index (χ0n) is 23.5. The summed E-state index contributed by atoms with van der Waals surface area (Å²) in [5.41, 5.74) is 6.64. The average Bonchev–Trinajstić information content (AvgIpc) is 3.77. The van der Waals surface area contributed by atoms with E-state index in [1.165, 1.54) is 5.56 Å².